The first kappa shape index (κ1) is 11.9. The van der Waals surface area contributed by atoms with E-state index in [1.807, 2.05) is 17.7 Å². The van der Waals surface area contributed by atoms with Gasteiger partial charge >= 0.3 is 0 Å². The highest BCUT2D eigenvalue weighted by molar-refractivity contribution is 9.13. The largest absolute Gasteiger partial charge is 0.450 e. The van der Waals surface area contributed by atoms with Gasteiger partial charge < -0.3 is 14.1 Å². The van der Waals surface area contributed by atoms with E-state index < -0.39 is 6.10 Å². The van der Waals surface area contributed by atoms with Crippen molar-refractivity contribution in [1.82, 2.24) is 9.55 Å². The molecule has 86 valence electrons. The number of nitrogens with zero attached hydrogens (tertiary/aromatic N) is 2. The predicted molar refractivity (Wildman–Crippen MR) is 66.1 cm³/mol. The third kappa shape index (κ3) is 2.09. The van der Waals surface area contributed by atoms with Gasteiger partial charge in [-0.25, -0.2) is 4.98 Å². The number of aliphatic hydroxyl groups is 1. The lowest BCUT2D eigenvalue weighted by atomic mass is 10.2. The fraction of sp³-hybridized carbons (Fsp3) is 0.300. The predicted octanol–water partition coefficient (Wildman–Crippen LogP) is 3.10. The number of aromatic nitrogens is 2. The highest BCUT2D eigenvalue weighted by Gasteiger charge is 2.20. The van der Waals surface area contributed by atoms with E-state index in [9.17, 15) is 5.11 Å². The van der Waals surface area contributed by atoms with Gasteiger partial charge in [-0.1, -0.05) is 0 Å². The molecule has 0 saturated carbocycles. The van der Waals surface area contributed by atoms with Crippen LogP contribution in [0.15, 0.2) is 32.0 Å². The molecule has 1 N–H and O–H groups in total. The molecular weight excluding hydrogens is 340 g/mol. The van der Waals surface area contributed by atoms with E-state index in [2.05, 4.69) is 36.8 Å². The van der Waals surface area contributed by atoms with Crippen LogP contribution in [0.5, 0.6) is 0 Å². The van der Waals surface area contributed by atoms with Crippen LogP contribution in [0, 0.1) is 0 Å². The molecule has 0 spiro atoms. The van der Waals surface area contributed by atoms with Crippen molar-refractivity contribution in [2.24, 2.45) is 0 Å². The third-order valence-electron chi connectivity index (χ3n) is 2.27. The van der Waals surface area contributed by atoms with E-state index >= 15 is 0 Å². The summed E-state index contributed by atoms with van der Waals surface area (Å²) in [6.07, 6.45) is 2.64. The van der Waals surface area contributed by atoms with Gasteiger partial charge in [0.15, 0.2) is 10.8 Å². The molecule has 0 bridgehead atoms. The Hall–Kier alpha value is -0.590. The van der Waals surface area contributed by atoms with Crippen molar-refractivity contribution in [2.75, 3.05) is 0 Å². The summed E-state index contributed by atoms with van der Waals surface area (Å²) in [6.45, 7) is 2.75. The van der Waals surface area contributed by atoms with Crippen LogP contribution >= 0.6 is 31.9 Å². The maximum Gasteiger partial charge on any atom is 0.183 e. The number of aliphatic hydroxyl groups excluding tert-OH is 1. The molecule has 0 fully saturated rings. The van der Waals surface area contributed by atoms with Gasteiger partial charge in [0, 0.05) is 18.9 Å². The van der Waals surface area contributed by atoms with Gasteiger partial charge in [0.2, 0.25) is 0 Å². The van der Waals surface area contributed by atoms with Crippen LogP contribution in [0.2, 0.25) is 0 Å². The number of imidazole rings is 1. The van der Waals surface area contributed by atoms with Crippen molar-refractivity contribution in [3.8, 4) is 0 Å². The molecule has 2 aromatic rings. The van der Waals surface area contributed by atoms with E-state index in [1.165, 1.54) is 0 Å². The molecule has 0 radical (unpaired) electrons. The number of furan rings is 1. The number of rotatable bonds is 3. The number of hydrogen-bond acceptors (Lipinski definition) is 3. The molecular formula is C10H10Br2N2O2. The number of halogens is 2. The van der Waals surface area contributed by atoms with Crippen molar-refractivity contribution in [3.63, 3.8) is 0 Å². The Bertz CT molecular complexity index is 473. The van der Waals surface area contributed by atoms with E-state index in [0.29, 0.717) is 16.3 Å². The van der Waals surface area contributed by atoms with Crippen molar-refractivity contribution in [2.45, 2.75) is 19.6 Å². The summed E-state index contributed by atoms with van der Waals surface area (Å²) in [5.41, 5.74) is 0. The quantitative estimate of drug-likeness (QED) is 0.926. The second-order valence-corrected chi connectivity index (χ2v) is 4.82. The highest BCUT2D eigenvalue weighted by atomic mass is 79.9. The van der Waals surface area contributed by atoms with Crippen LogP contribution in [0.25, 0.3) is 0 Å². The van der Waals surface area contributed by atoms with Crippen LogP contribution in [-0.2, 0) is 6.54 Å². The minimum atomic E-state index is -0.849. The van der Waals surface area contributed by atoms with E-state index in [4.69, 9.17) is 4.42 Å². The first-order valence-corrected chi connectivity index (χ1v) is 6.36. The lowest BCUT2D eigenvalue weighted by Crippen LogP contribution is -2.07. The third-order valence-corrected chi connectivity index (χ3v) is 3.98. The first-order chi connectivity index (χ1) is 7.63. The van der Waals surface area contributed by atoms with Gasteiger partial charge in [-0.3, -0.25) is 0 Å². The van der Waals surface area contributed by atoms with Crippen LogP contribution in [0.1, 0.15) is 24.6 Å². The summed E-state index contributed by atoms with van der Waals surface area (Å²) in [5.74, 6) is 1.04. The second-order valence-electron chi connectivity index (χ2n) is 3.24. The van der Waals surface area contributed by atoms with E-state index in [0.717, 1.165) is 11.0 Å². The second kappa shape index (κ2) is 4.73. The van der Waals surface area contributed by atoms with Gasteiger partial charge in [-0.15, -0.1) is 0 Å². The summed E-state index contributed by atoms with van der Waals surface area (Å²) in [4.78, 5) is 4.12. The van der Waals surface area contributed by atoms with Crippen LogP contribution in [-0.4, -0.2) is 14.7 Å². The smallest absolute Gasteiger partial charge is 0.183 e. The molecule has 2 aromatic heterocycles. The van der Waals surface area contributed by atoms with Gasteiger partial charge in [0.05, 0.1) is 4.47 Å². The molecule has 2 heterocycles. The molecule has 6 heteroatoms. The Kier molecular flexibility index (Phi) is 3.51. The molecule has 0 aromatic carbocycles. The maximum absolute atomic E-state index is 10.1. The molecule has 0 saturated heterocycles. The molecule has 16 heavy (non-hydrogen) atoms. The minimum absolute atomic E-state index is 0.458. The van der Waals surface area contributed by atoms with Gasteiger partial charge in [0.25, 0.3) is 0 Å². The average molecular weight is 350 g/mol. The van der Waals surface area contributed by atoms with Crippen molar-refractivity contribution in [3.05, 3.63) is 39.2 Å². The van der Waals surface area contributed by atoms with E-state index in [-0.39, 0.29) is 0 Å². The van der Waals surface area contributed by atoms with Gasteiger partial charge in [-0.05, 0) is 44.8 Å². The van der Waals surface area contributed by atoms with Crippen molar-refractivity contribution < 1.29 is 9.52 Å². The van der Waals surface area contributed by atoms with E-state index in [1.54, 1.807) is 12.3 Å². The molecule has 0 aliphatic heterocycles. The fourth-order valence-corrected chi connectivity index (χ4v) is 2.07. The molecule has 4 nitrogen and oxygen atoms in total. The fourth-order valence-electron chi connectivity index (χ4n) is 1.46. The Morgan fingerprint density at radius 1 is 1.56 bits per heavy atom. The average Bonchev–Trinajstić information content (AvgIpc) is 2.85. The summed E-state index contributed by atoms with van der Waals surface area (Å²) >= 11 is 6.54. The highest BCUT2D eigenvalue weighted by Crippen LogP contribution is 2.31. The van der Waals surface area contributed by atoms with Crippen molar-refractivity contribution >= 4 is 31.9 Å². The zero-order valence-electron chi connectivity index (χ0n) is 8.52. The molecule has 0 aliphatic rings. The monoisotopic (exact) mass is 348 g/mol. The molecule has 1 atom stereocenters. The van der Waals surface area contributed by atoms with Gasteiger partial charge in [-0.2, -0.15) is 0 Å². The summed E-state index contributed by atoms with van der Waals surface area (Å²) < 4.78 is 8.58. The maximum atomic E-state index is 10.1. The summed E-state index contributed by atoms with van der Waals surface area (Å²) in [6, 6.07) is 1.73. The zero-order chi connectivity index (χ0) is 11.7. The normalized spacial score (nSPS) is 13.0. The lowest BCUT2D eigenvalue weighted by molar-refractivity contribution is 0.174. The zero-order valence-corrected chi connectivity index (χ0v) is 11.7. The molecule has 1 unspecified atom stereocenters. The van der Waals surface area contributed by atoms with Crippen LogP contribution < -0.4 is 0 Å². The lowest BCUT2D eigenvalue weighted by Gasteiger charge is -2.09. The van der Waals surface area contributed by atoms with Crippen molar-refractivity contribution in [1.29, 1.82) is 0 Å². The minimum Gasteiger partial charge on any atom is -0.450 e. The molecule has 2 rings (SSSR count). The Balaban J connectivity index is 2.35. The topological polar surface area (TPSA) is 51.2 Å². The first-order valence-electron chi connectivity index (χ1n) is 4.77. The molecule has 0 amide bonds. The Labute approximate surface area is 110 Å². The summed E-state index contributed by atoms with van der Waals surface area (Å²) in [5, 5.41) is 10.1. The number of hydrogen-bond donors (Lipinski definition) is 1. The Morgan fingerprint density at radius 2 is 2.31 bits per heavy atom. The SMILES string of the molecule is CCn1ccnc1C(O)c1cc(Br)c(Br)o1. The number of aryl methyl sites for hydroxylation is 1. The molecule has 0 aliphatic carbocycles. The van der Waals surface area contributed by atoms with Crippen LogP contribution in [0.4, 0.5) is 0 Å². The van der Waals surface area contributed by atoms with Crippen LogP contribution in [0.3, 0.4) is 0 Å². The Morgan fingerprint density at radius 3 is 2.88 bits per heavy atom. The summed E-state index contributed by atoms with van der Waals surface area (Å²) in [7, 11) is 0. The standard InChI is InChI=1S/C10H10Br2N2O2/c1-2-14-4-3-13-10(14)8(15)7-5-6(11)9(12)16-7/h3-5,8,15H,2H2,1H3. The van der Waals surface area contributed by atoms with Gasteiger partial charge in [0.1, 0.15) is 11.6 Å².